The highest BCUT2D eigenvalue weighted by Crippen LogP contribution is 2.26. The van der Waals surface area contributed by atoms with Gasteiger partial charge in [0.25, 0.3) is 0 Å². The molecule has 1 fully saturated rings. The Hall–Kier alpha value is -1.69. The van der Waals surface area contributed by atoms with Gasteiger partial charge < -0.3 is 16.0 Å². The summed E-state index contributed by atoms with van der Waals surface area (Å²) in [5, 5.41) is 2.84. The van der Waals surface area contributed by atoms with Gasteiger partial charge in [0.05, 0.1) is 5.69 Å². The molecule has 2 rings (SSSR count). The molecule has 114 valence electrons. The van der Waals surface area contributed by atoms with Gasteiger partial charge in [-0.25, -0.2) is 4.39 Å². The van der Waals surface area contributed by atoms with Crippen LogP contribution in [0.1, 0.15) is 25.3 Å². The maximum atomic E-state index is 14.1. The van der Waals surface area contributed by atoms with Crippen molar-refractivity contribution >= 4 is 28.8 Å². The number of nitrogens with zero attached hydrogens (tertiary/aromatic N) is 1. The molecule has 1 aliphatic rings. The summed E-state index contributed by atoms with van der Waals surface area (Å²) in [6.45, 7) is 3.79. The molecular weight excluding hydrogens is 289 g/mol. The van der Waals surface area contributed by atoms with Crippen LogP contribution in [0.4, 0.5) is 10.1 Å². The zero-order valence-corrected chi connectivity index (χ0v) is 12.9. The largest absolute Gasteiger partial charge is 0.389 e. The second-order valence-electron chi connectivity index (χ2n) is 5.40. The summed E-state index contributed by atoms with van der Waals surface area (Å²) in [6, 6.07) is 4.88. The average Bonchev–Trinajstić information content (AvgIpc) is 2.45. The first-order chi connectivity index (χ1) is 9.97. The third-order valence-corrected chi connectivity index (χ3v) is 4.06. The Morgan fingerprint density at radius 1 is 1.48 bits per heavy atom. The van der Waals surface area contributed by atoms with Gasteiger partial charge in [-0.1, -0.05) is 12.2 Å². The number of halogens is 1. The Morgan fingerprint density at radius 3 is 2.67 bits per heavy atom. The lowest BCUT2D eigenvalue weighted by Crippen LogP contribution is -2.38. The molecule has 0 spiro atoms. The number of hydrogen-bond donors (Lipinski definition) is 2. The van der Waals surface area contributed by atoms with Gasteiger partial charge in [0.15, 0.2) is 0 Å². The van der Waals surface area contributed by atoms with E-state index in [4.69, 9.17) is 18.0 Å². The molecule has 0 unspecified atom stereocenters. The van der Waals surface area contributed by atoms with Crippen molar-refractivity contribution in [2.24, 2.45) is 11.7 Å². The molecule has 4 nitrogen and oxygen atoms in total. The average molecular weight is 309 g/mol. The van der Waals surface area contributed by atoms with Crippen LogP contribution < -0.4 is 16.0 Å². The molecule has 0 aromatic heterocycles. The van der Waals surface area contributed by atoms with Crippen molar-refractivity contribution in [2.45, 2.75) is 19.8 Å². The van der Waals surface area contributed by atoms with Gasteiger partial charge in [-0.2, -0.15) is 0 Å². The minimum Gasteiger partial charge on any atom is -0.389 e. The molecule has 6 heteroatoms. The summed E-state index contributed by atoms with van der Waals surface area (Å²) >= 11 is 4.85. The molecule has 3 N–H and O–H groups in total. The molecule has 21 heavy (non-hydrogen) atoms. The van der Waals surface area contributed by atoms with Crippen LogP contribution in [-0.4, -0.2) is 30.5 Å². The maximum Gasteiger partial charge on any atom is 0.216 e. The van der Waals surface area contributed by atoms with E-state index in [1.165, 1.54) is 13.0 Å². The molecule has 0 saturated carbocycles. The summed E-state index contributed by atoms with van der Waals surface area (Å²) in [4.78, 5) is 13.1. The number of carbonyl (C=O) groups excluding carboxylic acids is 1. The zero-order chi connectivity index (χ0) is 15.4. The molecule has 1 heterocycles. The second-order valence-corrected chi connectivity index (χ2v) is 5.84. The molecule has 0 radical (unpaired) electrons. The Bertz CT molecular complexity index is 542. The van der Waals surface area contributed by atoms with Gasteiger partial charge >= 0.3 is 0 Å². The lowest BCUT2D eigenvalue weighted by atomic mass is 9.96. The third kappa shape index (κ3) is 4.14. The van der Waals surface area contributed by atoms with Crippen LogP contribution >= 0.6 is 12.2 Å². The Morgan fingerprint density at radius 2 is 2.14 bits per heavy atom. The lowest BCUT2D eigenvalue weighted by Gasteiger charge is -2.33. The molecule has 0 atom stereocenters. The molecule has 0 bridgehead atoms. The van der Waals surface area contributed by atoms with Gasteiger partial charge in [0, 0.05) is 32.1 Å². The fourth-order valence-electron chi connectivity index (χ4n) is 2.58. The van der Waals surface area contributed by atoms with Crippen LogP contribution in [0.3, 0.4) is 0 Å². The van der Waals surface area contributed by atoms with E-state index in [0.29, 0.717) is 23.7 Å². The highest BCUT2D eigenvalue weighted by atomic mass is 32.1. The van der Waals surface area contributed by atoms with Gasteiger partial charge in [-0.15, -0.1) is 0 Å². The van der Waals surface area contributed by atoms with Crippen molar-refractivity contribution < 1.29 is 9.18 Å². The van der Waals surface area contributed by atoms with Crippen LogP contribution in [0.15, 0.2) is 18.2 Å². The number of nitrogens with two attached hydrogens (primary N) is 1. The van der Waals surface area contributed by atoms with E-state index >= 15 is 0 Å². The van der Waals surface area contributed by atoms with Crippen LogP contribution in [-0.2, 0) is 4.79 Å². The molecular formula is C15H20FN3OS. The molecule has 1 saturated heterocycles. The molecule has 1 aliphatic heterocycles. The van der Waals surface area contributed by atoms with Gasteiger partial charge in [-0.3, -0.25) is 4.79 Å². The van der Waals surface area contributed by atoms with Gasteiger partial charge in [0.1, 0.15) is 10.8 Å². The summed E-state index contributed by atoms with van der Waals surface area (Å²) < 4.78 is 14.1. The Balaban J connectivity index is 1.96. The van der Waals surface area contributed by atoms with Crippen molar-refractivity contribution in [1.82, 2.24) is 5.32 Å². The van der Waals surface area contributed by atoms with E-state index in [1.54, 1.807) is 12.1 Å². The van der Waals surface area contributed by atoms with Crippen molar-refractivity contribution in [1.29, 1.82) is 0 Å². The smallest absolute Gasteiger partial charge is 0.216 e. The Labute approximate surface area is 129 Å². The van der Waals surface area contributed by atoms with Crippen LogP contribution in [0.25, 0.3) is 0 Å². The normalized spacial score (nSPS) is 15.8. The van der Waals surface area contributed by atoms with Crippen molar-refractivity contribution in [3.8, 4) is 0 Å². The summed E-state index contributed by atoms with van der Waals surface area (Å²) in [7, 11) is 0. The van der Waals surface area contributed by atoms with Crippen molar-refractivity contribution in [2.75, 3.05) is 24.5 Å². The number of benzene rings is 1. The van der Waals surface area contributed by atoms with Crippen molar-refractivity contribution in [3.05, 3.63) is 29.6 Å². The molecule has 1 amide bonds. The number of piperidine rings is 1. The third-order valence-electron chi connectivity index (χ3n) is 3.83. The fraction of sp³-hybridized carbons (Fsp3) is 0.467. The monoisotopic (exact) mass is 309 g/mol. The fourth-order valence-corrected chi connectivity index (χ4v) is 2.71. The quantitative estimate of drug-likeness (QED) is 0.833. The second kappa shape index (κ2) is 6.85. The van der Waals surface area contributed by atoms with E-state index in [0.717, 1.165) is 25.9 Å². The number of nitrogens with one attached hydrogen (secondary N) is 1. The van der Waals surface area contributed by atoms with E-state index in [9.17, 15) is 9.18 Å². The van der Waals surface area contributed by atoms with E-state index in [1.807, 2.05) is 4.90 Å². The first kappa shape index (κ1) is 15.7. The number of thiocarbonyl (C=S) groups is 1. The summed E-state index contributed by atoms with van der Waals surface area (Å²) in [6.07, 6.45) is 1.88. The standard InChI is InChI=1S/C15H20FN3OS/c1-10(20)18-9-11-4-6-19(7-5-11)14-3-2-12(15(17)21)8-13(14)16/h2-3,8,11H,4-7,9H2,1H3,(H2,17,21)(H,18,20). The maximum absolute atomic E-state index is 14.1. The van der Waals surface area contributed by atoms with E-state index < -0.39 is 0 Å². The van der Waals surface area contributed by atoms with Crippen LogP contribution in [0.5, 0.6) is 0 Å². The first-order valence-electron chi connectivity index (χ1n) is 7.06. The predicted molar refractivity (Wildman–Crippen MR) is 85.9 cm³/mol. The SMILES string of the molecule is CC(=O)NCC1CCN(c2ccc(C(N)=S)cc2F)CC1. The minimum absolute atomic E-state index is 0.00295. The topological polar surface area (TPSA) is 58.4 Å². The van der Waals surface area contributed by atoms with Gasteiger partial charge in [0.2, 0.25) is 5.91 Å². The van der Waals surface area contributed by atoms with Crippen LogP contribution in [0.2, 0.25) is 0 Å². The lowest BCUT2D eigenvalue weighted by molar-refractivity contribution is -0.119. The number of carbonyl (C=O) groups is 1. The number of hydrogen-bond acceptors (Lipinski definition) is 3. The van der Waals surface area contributed by atoms with Crippen LogP contribution in [0, 0.1) is 11.7 Å². The number of amides is 1. The molecule has 1 aromatic carbocycles. The highest BCUT2D eigenvalue weighted by Gasteiger charge is 2.21. The van der Waals surface area contributed by atoms with E-state index in [-0.39, 0.29) is 16.7 Å². The predicted octanol–water partition coefficient (Wildman–Crippen LogP) is 1.81. The highest BCUT2D eigenvalue weighted by molar-refractivity contribution is 7.80. The zero-order valence-electron chi connectivity index (χ0n) is 12.1. The molecule has 0 aliphatic carbocycles. The van der Waals surface area contributed by atoms with E-state index in [2.05, 4.69) is 5.32 Å². The molecule has 1 aromatic rings. The first-order valence-corrected chi connectivity index (χ1v) is 7.47. The number of rotatable bonds is 4. The summed E-state index contributed by atoms with van der Waals surface area (Å²) in [5.74, 6) is 0.168. The summed E-state index contributed by atoms with van der Waals surface area (Å²) in [5.41, 5.74) is 6.64. The number of anilines is 1. The van der Waals surface area contributed by atoms with Crippen molar-refractivity contribution in [3.63, 3.8) is 0 Å². The minimum atomic E-state index is -0.291. The van der Waals surface area contributed by atoms with Gasteiger partial charge in [-0.05, 0) is 37.0 Å². The Kier molecular flexibility index (Phi) is 5.12.